The summed E-state index contributed by atoms with van der Waals surface area (Å²) in [6, 6.07) is 16.4. The van der Waals surface area contributed by atoms with Crippen molar-refractivity contribution in [3.63, 3.8) is 0 Å². The Morgan fingerprint density at radius 1 is 0.969 bits per heavy atom. The highest BCUT2D eigenvalue weighted by atomic mass is 35.5. The number of carbonyl (C=O) groups excluding carboxylic acids is 1. The second kappa shape index (κ2) is 9.76. The minimum absolute atomic E-state index is 0.00366. The number of hydrogen-bond donors (Lipinski definition) is 2. The summed E-state index contributed by atoms with van der Waals surface area (Å²) < 4.78 is 0. The molecule has 1 aliphatic heterocycles. The maximum Gasteiger partial charge on any atom is 0.317 e. The van der Waals surface area contributed by atoms with E-state index in [0.29, 0.717) is 42.7 Å². The van der Waals surface area contributed by atoms with E-state index in [1.807, 2.05) is 47.4 Å². The van der Waals surface area contributed by atoms with Crippen molar-refractivity contribution in [1.29, 1.82) is 0 Å². The van der Waals surface area contributed by atoms with Gasteiger partial charge in [0.2, 0.25) is 5.95 Å². The first kappa shape index (κ1) is 21.7. The molecule has 2 aromatic carbocycles. The van der Waals surface area contributed by atoms with Gasteiger partial charge in [-0.25, -0.2) is 9.97 Å². The lowest BCUT2D eigenvalue weighted by molar-refractivity contribution is -0.138. The molecule has 0 unspecified atom stereocenters. The molecule has 2 heterocycles. The molecule has 0 saturated carbocycles. The Balaban J connectivity index is 1.38. The monoisotopic (exact) mass is 451 g/mol. The van der Waals surface area contributed by atoms with Gasteiger partial charge in [0.25, 0.3) is 5.91 Å². The molecule has 1 aliphatic rings. The molecule has 4 rings (SSSR count). The Kier molecular flexibility index (Phi) is 6.63. The maximum absolute atomic E-state index is 12.8. The van der Waals surface area contributed by atoms with Crippen LogP contribution in [0.3, 0.4) is 0 Å². The number of nitrogens with one attached hydrogen (secondary N) is 1. The number of aromatic nitrogens is 2. The van der Waals surface area contributed by atoms with E-state index < -0.39 is 5.97 Å². The van der Waals surface area contributed by atoms with Crippen molar-refractivity contribution in [2.45, 2.75) is 0 Å². The highest BCUT2D eigenvalue weighted by Gasteiger charge is 2.23. The normalized spacial score (nSPS) is 14.2. The van der Waals surface area contributed by atoms with E-state index in [4.69, 9.17) is 16.7 Å². The third-order valence-electron chi connectivity index (χ3n) is 5.20. The number of nitrogens with zero attached hydrogens (tertiary/aromatic N) is 4. The summed E-state index contributed by atoms with van der Waals surface area (Å²) in [5, 5.41) is 12.7. The third-order valence-corrected chi connectivity index (χ3v) is 5.45. The van der Waals surface area contributed by atoms with E-state index in [-0.39, 0.29) is 12.5 Å². The Hall–Kier alpha value is -3.49. The molecule has 1 amide bonds. The van der Waals surface area contributed by atoms with Gasteiger partial charge in [0.1, 0.15) is 0 Å². The highest BCUT2D eigenvalue weighted by molar-refractivity contribution is 6.30. The number of anilines is 2. The van der Waals surface area contributed by atoms with Crippen LogP contribution in [0.15, 0.2) is 60.8 Å². The van der Waals surface area contributed by atoms with Gasteiger partial charge in [-0.05, 0) is 42.5 Å². The molecule has 0 aliphatic carbocycles. The van der Waals surface area contributed by atoms with Crippen molar-refractivity contribution in [3.8, 4) is 11.3 Å². The number of halogens is 1. The standard InChI is InChI=1S/C23H22ClN5O3/c24-18-5-1-16(2-6-18)20-9-10-25-23(27-20)26-19-7-3-17(4-8-19)22(32)29-13-11-28(12-14-29)15-21(30)31/h1-10H,11-15H2,(H,30,31)(H,25,26,27). The van der Waals surface area contributed by atoms with Crippen LogP contribution in [0, 0.1) is 0 Å². The summed E-state index contributed by atoms with van der Waals surface area (Å²) in [5.41, 5.74) is 3.05. The molecule has 3 aromatic rings. The van der Waals surface area contributed by atoms with E-state index in [9.17, 15) is 9.59 Å². The molecule has 164 valence electrons. The second-order valence-electron chi connectivity index (χ2n) is 7.44. The first-order chi connectivity index (χ1) is 15.5. The summed E-state index contributed by atoms with van der Waals surface area (Å²) in [5.74, 6) is -0.464. The molecule has 0 atom stereocenters. The van der Waals surface area contributed by atoms with E-state index in [1.54, 1.807) is 23.2 Å². The van der Waals surface area contributed by atoms with E-state index >= 15 is 0 Å². The van der Waals surface area contributed by atoms with Gasteiger partial charge in [0, 0.05) is 54.2 Å². The van der Waals surface area contributed by atoms with Crippen molar-refractivity contribution in [1.82, 2.24) is 19.8 Å². The number of amides is 1. The van der Waals surface area contributed by atoms with Crippen LogP contribution >= 0.6 is 11.6 Å². The number of carboxylic acids is 1. The molecule has 0 spiro atoms. The van der Waals surface area contributed by atoms with Gasteiger partial charge in [0.05, 0.1) is 12.2 Å². The first-order valence-electron chi connectivity index (χ1n) is 10.2. The Bertz CT molecular complexity index is 1100. The van der Waals surface area contributed by atoms with Crippen LogP contribution in [0.1, 0.15) is 10.4 Å². The molecule has 0 bridgehead atoms. The lowest BCUT2D eigenvalue weighted by Crippen LogP contribution is -2.49. The minimum atomic E-state index is -0.851. The molecular formula is C23H22ClN5O3. The smallest absolute Gasteiger partial charge is 0.317 e. The number of hydrogen-bond acceptors (Lipinski definition) is 6. The molecule has 2 N–H and O–H groups in total. The van der Waals surface area contributed by atoms with Crippen molar-refractivity contribution < 1.29 is 14.7 Å². The van der Waals surface area contributed by atoms with Crippen LogP contribution in [0.25, 0.3) is 11.3 Å². The quantitative estimate of drug-likeness (QED) is 0.592. The second-order valence-corrected chi connectivity index (χ2v) is 7.87. The van der Waals surface area contributed by atoms with Crippen molar-refractivity contribution in [3.05, 3.63) is 71.4 Å². The van der Waals surface area contributed by atoms with Gasteiger partial charge in [-0.2, -0.15) is 0 Å². The molecule has 0 radical (unpaired) electrons. The molecule has 1 fully saturated rings. The summed E-state index contributed by atoms with van der Waals surface area (Å²) >= 11 is 5.95. The van der Waals surface area contributed by atoms with Crippen LogP contribution in [0.2, 0.25) is 5.02 Å². The zero-order chi connectivity index (χ0) is 22.5. The number of carboxylic acid groups (broad SMARTS) is 1. The largest absolute Gasteiger partial charge is 0.480 e. The maximum atomic E-state index is 12.8. The van der Waals surface area contributed by atoms with Gasteiger partial charge >= 0.3 is 5.97 Å². The predicted molar refractivity (Wildman–Crippen MR) is 122 cm³/mol. The van der Waals surface area contributed by atoms with Gasteiger partial charge in [-0.3, -0.25) is 14.5 Å². The number of carbonyl (C=O) groups is 2. The lowest BCUT2D eigenvalue weighted by Gasteiger charge is -2.33. The number of piperazine rings is 1. The molecule has 8 nitrogen and oxygen atoms in total. The fourth-order valence-electron chi connectivity index (χ4n) is 3.51. The minimum Gasteiger partial charge on any atom is -0.480 e. The average Bonchev–Trinajstić information content (AvgIpc) is 2.80. The van der Waals surface area contributed by atoms with Gasteiger partial charge in [-0.1, -0.05) is 23.7 Å². The molecular weight excluding hydrogens is 430 g/mol. The van der Waals surface area contributed by atoms with Crippen molar-refractivity contribution in [2.24, 2.45) is 0 Å². The van der Waals surface area contributed by atoms with E-state index in [2.05, 4.69) is 15.3 Å². The van der Waals surface area contributed by atoms with Crippen molar-refractivity contribution in [2.75, 3.05) is 38.0 Å². The summed E-state index contributed by atoms with van der Waals surface area (Å²) in [4.78, 5) is 36.0. The van der Waals surface area contributed by atoms with E-state index in [0.717, 1.165) is 16.9 Å². The van der Waals surface area contributed by atoms with Gasteiger partial charge in [-0.15, -0.1) is 0 Å². The molecule has 9 heteroatoms. The Morgan fingerprint density at radius 3 is 2.31 bits per heavy atom. The Labute approximate surface area is 190 Å². The SMILES string of the molecule is O=C(O)CN1CCN(C(=O)c2ccc(Nc3nccc(-c4ccc(Cl)cc4)n3)cc2)CC1. The third kappa shape index (κ3) is 5.40. The van der Waals surface area contributed by atoms with Crippen LogP contribution in [0.5, 0.6) is 0 Å². The predicted octanol–water partition coefficient (Wildman–Crippen LogP) is 3.38. The number of benzene rings is 2. The molecule has 1 saturated heterocycles. The van der Waals surface area contributed by atoms with Gasteiger partial charge in [0.15, 0.2) is 0 Å². The van der Waals surface area contributed by atoms with E-state index in [1.165, 1.54) is 0 Å². The zero-order valence-electron chi connectivity index (χ0n) is 17.2. The Morgan fingerprint density at radius 2 is 1.66 bits per heavy atom. The summed E-state index contributed by atoms with van der Waals surface area (Å²) in [6.45, 7) is 2.14. The fourth-order valence-corrected chi connectivity index (χ4v) is 3.63. The van der Waals surface area contributed by atoms with Gasteiger partial charge < -0.3 is 15.3 Å². The van der Waals surface area contributed by atoms with Crippen LogP contribution in [-0.4, -0.2) is 69.5 Å². The summed E-state index contributed by atoms with van der Waals surface area (Å²) in [7, 11) is 0. The topological polar surface area (TPSA) is 98.7 Å². The molecule has 1 aromatic heterocycles. The zero-order valence-corrected chi connectivity index (χ0v) is 18.0. The number of rotatable bonds is 6. The van der Waals surface area contributed by atoms with Crippen LogP contribution in [-0.2, 0) is 4.79 Å². The summed E-state index contributed by atoms with van der Waals surface area (Å²) in [6.07, 6.45) is 1.68. The van der Waals surface area contributed by atoms with Crippen molar-refractivity contribution >= 4 is 35.1 Å². The van der Waals surface area contributed by atoms with Crippen LogP contribution < -0.4 is 5.32 Å². The van der Waals surface area contributed by atoms with Crippen LogP contribution in [0.4, 0.5) is 11.6 Å². The first-order valence-corrected chi connectivity index (χ1v) is 10.6. The average molecular weight is 452 g/mol. The molecule has 32 heavy (non-hydrogen) atoms. The number of aliphatic carboxylic acids is 1. The fraction of sp³-hybridized carbons (Fsp3) is 0.217. The highest BCUT2D eigenvalue weighted by Crippen LogP contribution is 2.22. The lowest BCUT2D eigenvalue weighted by atomic mass is 10.1.